The van der Waals surface area contributed by atoms with Gasteiger partial charge < -0.3 is 10.8 Å². The summed E-state index contributed by atoms with van der Waals surface area (Å²) < 4.78 is 13.0. The van der Waals surface area contributed by atoms with Crippen molar-refractivity contribution in [3.8, 4) is 0 Å². The van der Waals surface area contributed by atoms with Crippen LogP contribution in [-0.4, -0.2) is 17.1 Å². The summed E-state index contributed by atoms with van der Waals surface area (Å²) in [5.74, 6) is -1.45. The molecule has 0 aromatic heterocycles. The van der Waals surface area contributed by atoms with Gasteiger partial charge in [-0.05, 0) is 36.5 Å². The van der Waals surface area contributed by atoms with E-state index < -0.39 is 11.9 Å². The van der Waals surface area contributed by atoms with Gasteiger partial charge in [0.2, 0.25) is 0 Å². The lowest BCUT2D eigenvalue weighted by Crippen LogP contribution is -2.35. The first-order valence-electron chi connectivity index (χ1n) is 6.13. The van der Waals surface area contributed by atoms with E-state index in [-0.39, 0.29) is 17.8 Å². The summed E-state index contributed by atoms with van der Waals surface area (Å²) in [4.78, 5) is 10.8. The molecule has 1 aromatic carbocycles. The number of halogens is 1. The van der Waals surface area contributed by atoms with Crippen LogP contribution in [0.25, 0.3) is 0 Å². The highest BCUT2D eigenvalue weighted by Crippen LogP contribution is 2.17. The third-order valence-electron chi connectivity index (χ3n) is 3.18. The second-order valence-electron chi connectivity index (χ2n) is 4.97. The fourth-order valence-corrected chi connectivity index (χ4v) is 2.00. The van der Waals surface area contributed by atoms with Gasteiger partial charge in [0.25, 0.3) is 0 Å². The van der Waals surface area contributed by atoms with Crippen LogP contribution in [0, 0.1) is 17.7 Å². The van der Waals surface area contributed by atoms with Crippen molar-refractivity contribution in [2.24, 2.45) is 17.6 Å². The zero-order valence-electron chi connectivity index (χ0n) is 10.8. The zero-order valence-corrected chi connectivity index (χ0v) is 10.8. The third-order valence-corrected chi connectivity index (χ3v) is 3.18. The van der Waals surface area contributed by atoms with Crippen LogP contribution in [0.15, 0.2) is 24.3 Å². The molecular formula is C14H20FNO2. The van der Waals surface area contributed by atoms with Crippen LogP contribution in [0.4, 0.5) is 4.39 Å². The Kier molecular flexibility index (Phi) is 5.28. The highest BCUT2D eigenvalue weighted by Gasteiger charge is 2.21. The minimum absolute atomic E-state index is 0.226. The first-order valence-corrected chi connectivity index (χ1v) is 6.13. The van der Waals surface area contributed by atoms with E-state index in [1.54, 1.807) is 13.0 Å². The summed E-state index contributed by atoms with van der Waals surface area (Å²) in [5, 5.41) is 8.86. The van der Waals surface area contributed by atoms with Gasteiger partial charge in [0.1, 0.15) is 5.82 Å². The summed E-state index contributed by atoms with van der Waals surface area (Å²) in [6.07, 6.45) is 1.32. The van der Waals surface area contributed by atoms with Crippen LogP contribution in [0.2, 0.25) is 0 Å². The highest BCUT2D eigenvalue weighted by molar-refractivity contribution is 5.70. The van der Waals surface area contributed by atoms with Crippen molar-refractivity contribution in [2.75, 3.05) is 0 Å². The molecule has 18 heavy (non-hydrogen) atoms. The van der Waals surface area contributed by atoms with E-state index in [1.165, 1.54) is 12.1 Å². The number of rotatable bonds is 6. The molecule has 0 aliphatic carbocycles. The molecule has 0 heterocycles. The van der Waals surface area contributed by atoms with Crippen molar-refractivity contribution < 1.29 is 14.3 Å². The van der Waals surface area contributed by atoms with Crippen LogP contribution in [0.3, 0.4) is 0 Å². The van der Waals surface area contributed by atoms with Gasteiger partial charge in [0, 0.05) is 6.04 Å². The lowest BCUT2D eigenvalue weighted by Gasteiger charge is -2.20. The van der Waals surface area contributed by atoms with E-state index in [4.69, 9.17) is 10.8 Å². The predicted octanol–water partition coefficient (Wildman–Crippen LogP) is 2.44. The fourth-order valence-electron chi connectivity index (χ4n) is 2.00. The van der Waals surface area contributed by atoms with Gasteiger partial charge in [0.05, 0.1) is 5.92 Å². The standard InChI is InChI=1S/C14H20FNO2/c1-9(7-13(16)10(2)14(17)18)6-11-4-3-5-12(15)8-11/h3-5,8-10,13H,6-7,16H2,1-2H3,(H,17,18)/t9-,10?,13-/m0/s1. The maximum absolute atomic E-state index is 13.0. The Balaban J connectivity index is 2.51. The Morgan fingerprint density at radius 2 is 2.11 bits per heavy atom. The molecule has 1 unspecified atom stereocenters. The quantitative estimate of drug-likeness (QED) is 0.818. The molecular weight excluding hydrogens is 233 g/mol. The monoisotopic (exact) mass is 253 g/mol. The Labute approximate surface area is 107 Å². The van der Waals surface area contributed by atoms with Crippen molar-refractivity contribution in [2.45, 2.75) is 32.7 Å². The molecule has 100 valence electrons. The summed E-state index contributed by atoms with van der Waals surface area (Å²) in [6, 6.07) is 6.09. The average molecular weight is 253 g/mol. The number of aliphatic carboxylic acids is 1. The maximum Gasteiger partial charge on any atom is 0.307 e. The van der Waals surface area contributed by atoms with Gasteiger partial charge >= 0.3 is 5.97 Å². The first-order chi connectivity index (χ1) is 8.40. The Morgan fingerprint density at radius 1 is 1.44 bits per heavy atom. The molecule has 0 fully saturated rings. The molecule has 1 aromatic rings. The minimum Gasteiger partial charge on any atom is -0.481 e. The molecule has 0 amide bonds. The van der Waals surface area contributed by atoms with Gasteiger partial charge in [-0.3, -0.25) is 4.79 Å². The van der Waals surface area contributed by atoms with Crippen molar-refractivity contribution in [1.29, 1.82) is 0 Å². The Morgan fingerprint density at radius 3 is 2.67 bits per heavy atom. The number of nitrogens with two attached hydrogens (primary N) is 1. The third kappa shape index (κ3) is 4.45. The second-order valence-corrected chi connectivity index (χ2v) is 4.97. The molecule has 0 saturated carbocycles. The zero-order chi connectivity index (χ0) is 13.7. The van der Waals surface area contributed by atoms with E-state index in [2.05, 4.69) is 0 Å². The van der Waals surface area contributed by atoms with E-state index in [0.29, 0.717) is 12.8 Å². The molecule has 0 aliphatic heterocycles. The highest BCUT2D eigenvalue weighted by atomic mass is 19.1. The second kappa shape index (κ2) is 6.50. The maximum atomic E-state index is 13.0. The molecule has 4 heteroatoms. The number of hydrogen-bond donors (Lipinski definition) is 2. The summed E-state index contributed by atoms with van der Waals surface area (Å²) in [7, 11) is 0. The Bertz CT molecular complexity index is 409. The molecule has 0 bridgehead atoms. The number of carboxylic acid groups (broad SMARTS) is 1. The van der Waals surface area contributed by atoms with Crippen molar-refractivity contribution in [3.05, 3.63) is 35.6 Å². The van der Waals surface area contributed by atoms with E-state index in [1.807, 2.05) is 13.0 Å². The molecule has 0 radical (unpaired) electrons. The van der Waals surface area contributed by atoms with Crippen molar-refractivity contribution in [1.82, 2.24) is 0 Å². The molecule has 0 saturated heterocycles. The number of carboxylic acids is 1. The fraction of sp³-hybridized carbons (Fsp3) is 0.500. The van der Waals surface area contributed by atoms with Crippen LogP contribution < -0.4 is 5.73 Å². The van der Waals surface area contributed by atoms with Gasteiger partial charge in [-0.1, -0.05) is 26.0 Å². The topological polar surface area (TPSA) is 63.3 Å². The van der Waals surface area contributed by atoms with Gasteiger partial charge in [0.15, 0.2) is 0 Å². The van der Waals surface area contributed by atoms with Gasteiger partial charge in [-0.2, -0.15) is 0 Å². The van der Waals surface area contributed by atoms with Gasteiger partial charge in [-0.15, -0.1) is 0 Å². The van der Waals surface area contributed by atoms with Crippen LogP contribution in [0.5, 0.6) is 0 Å². The first kappa shape index (κ1) is 14.6. The largest absolute Gasteiger partial charge is 0.481 e. The SMILES string of the molecule is CC(C(=O)O)[C@@H](N)C[C@@H](C)Cc1cccc(F)c1. The van der Waals surface area contributed by atoms with Crippen LogP contribution in [0.1, 0.15) is 25.8 Å². The minimum atomic E-state index is -0.875. The normalized spacial score (nSPS) is 16.0. The number of benzene rings is 1. The van der Waals surface area contributed by atoms with Crippen molar-refractivity contribution in [3.63, 3.8) is 0 Å². The molecule has 0 spiro atoms. The lowest BCUT2D eigenvalue weighted by molar-refractivity contribution is -0.141. The number of hydrogen-bond acceptors (Lipinski definition) is 2. The van der Waals surface area contributed by atoms with Crippen LogP contribution >= 0.6 is 0 Å². The van der Waals surface area contributed by atoms with E-state index >= 15 is 0 Å². The van der Waals surface area contributed by atoms with E-state index in [9.17, 15) is 9.18 Å². The van der Waals surface area contributed by atoms with Gasteiger partial charge in [-0.25, -0.2) is 4.39 Å². The summed E-state index contributed by atoms with van der Waals surface area (Å²) in [6.45, 7) is 3.61. The van der Waals surface area contributed by atoms with Crippen molar-refractivity contribution >= 4 is 5.97 Å². The Hall–Kier alpha value is -1.42. The van der Waals surface area contributed by atoms with E-state index in [0.717, 1.165) is 5.56 Å². The predicted molar refractivity (Wildman–Crippen MR) is 68.7 cm³/mol. The summed E-state index contributed by atoms with van der Waals surface area (Å²) >= 11 is 0. The average Bonchev–Trinajstić information content (AvgIpc) is 2.27. The molecule has 1 rings (SSSR count). The van der Waals surface area contributed by atoms with Crippen LogP contribution in [-0.2, 0) is 11.2 Å². The molecule has 3 N–H and O–H groups in total. The number of carbonyl (C=O) groups is 1. The summed E-state index contributed by atoms with van der Waals surface area (Å²) in [5.41, 5.74) is 6.76. The smallest absolute Gasteiger partial charge is 0.307 e. The molecule has 3 nitrogen and oxygen atoms in total. The molecule has 0 aliphatic rings. The lowest BCUT2D eigenvalue weighted by atomic mass is 9.89. The molecule has 3 atom stereocenters.